The number of piperazine rings is 1. The van der Waals surface area contributed by atoms with Gasteiger partial charge >= 0.3 is 5.97 Å². The number of benzene rings is 1. The Balaban J connectivity index is 2.08. The lowest BCUT2D eigenvalue weighted by Crippen LogP contribution is -2.57. The summed E-state index contributed by atoms with van der Waals surface area (Å²) in [4.78, 5) is 27.6. The largest absolute Gasteiger partial charge is 0.465 e. The summed E-state index contributed by atoms with van der Waals surface area (Å²) in [6.45, 7) is 5.08. The number of carbonyl (C=O) groups is 2. The molecule has 7 heteroatoms. The van der Waals surface area contributed by atoms with Crippen LogP contribution in [0.3, 0.4) is 0 Å². The van der Waals surface area contributed by atoms with Crippen LogP contribution in [0.1, 0.15) is 13.8 Å². The SMILES string of the molecule is CCOC(=O)CN1CCN(c2ccc(Cl)c(Cl)c2)C(=O)[C@@H]1C. The number of hydrogen-bond donors (Lipinski definition) is 0. The normalized spacial score (nSPS) is 19.4. The number of halogens is 2. The van der Waals surface area contributed by atoms with Gasteiger partial charge in [-0.05, 0) is 32.0 Å². The summed E-state index contributed by atoms with van der Waals surface area (Å²) in [5, 5.41) is 0.862. The molecule has 0 spiro atoms. The highest BCUT2D eigenvalue weighted by atomic mass is 35.5. The topological polar surface area (TPSA) is 49.9 Å². The van der Waals surface area contributed by atoms with Crippen molar-refractivity contribution in [3.05, 3.63) is 28.2 Å². The van der Waals surface area contributed by atoms with Gasteiger partial charge < -0.3 is 9.64 Å². The Hall–Kier alpha value is -1.30. The molecular formula is C15H18Cl2N2O3. The first kappa shape index (κ1) is 17.1. The molecule has 0 saturated carbocycles. The first-order valence-corrected chi connectivity index (χ1v) is 7.85. The molecule has 0 bridgehead atoms. The van der Waals surface area contributed by atoms with Gasteiger partial charge in [0.2, 0.25) is 5.91 Å². The molecule has 0 aromatic heterocycles. The van der Waals surface area contributed by atoms with Crippen molar-refractivity contribution >= 4 is 40.8 Å². The lowest BCUT2D eigenvalue weighted by atomic mass is 10.1. The van der Waals surface area contributed by atoms with Crippen molar-refractivity contribution in [3.63, 3.8) is 0 Å². The molecule has 1 aliphatic heterocycles. The molecule has 1 aliphatic rings. The Kier molecular flexibility index (Phi) is 5.67. The minimum Gasteiger partial charge on any atom is -0.465 e. The summed E-state index contributed by atoms with van der Waals surface area (Å²) in [5.41, 5.74) is 0.710. The zero-order valence-corrected chi connectivity index (χ0v) is 14.0. The molecule has 1 aromatic carbocycles. The van der Waals surface area contributed by atoms with E-state index in [-0.39, 0.29) is 18.4 Å². The number of ether oxygens (including phenoxy) is 1. The molecule has 22 heavy (non-hydrogen) atoms. The molecule has 1 saturated heterocycles. The van der Waals surface area contributed by atoms with Gasteiger partial charge in [-0.15, -0.1) is 0 Å². The Morgan fingerprint density at radius 1 is 1.32 bits per heavy atom. The molecule has 1 fully saturated rings. The summed E-state index contributed by atoms with van der Waals surface area (Å²) in [5.74, 6) is -0.390. The molecule has 1 amide bonds. The zero-order valence-electron chi connectivity index (χ0n) is 12.5. The van der Waals surface area contributed by atoms with Crippen molar-refractivity contribution in [3.8, 4) is 0 Å². The minimum absolute atomic E-state index is 0.0751. The summed E-state index contributed by atoms with van der Waals surface area (Å²) in [6.07, 6.45) is 0. The summed E-state index contributed by atoms with van der Waals surface area (Å²) >= 11 is 11.9. The lowest BCUT2D eigenvalue weighted by Gasteiger charge is -2.38. The monoisotopic (exact) mass is 344 g/mol. The number of anilines is 1. The van der Waals surface area contributed by atoms with Crippen LogP contribution in [-0.2, 0) is 14.3 Å². The number of esters is 1. The van der Waals surface area contributed by atoms with Gasteiger partial charge in [0.1, 0.15) is 0 Å². The molecule has 0 unspecified atom stereocenters. The number of rotatable bonds is 4. The van der Waals surface area contributed by atoms with E-state index >= 15 is 0 Å². The second-order valence-electron chi connectivity index (χ2n) is 5.04. The van der Waals surface area contributed by atoms with Crippen molar-refractivity contribution in [1.82, 2.24) is 4.90 Å². The van der Waals surface area contributed by atoms with Crippen LogP contribution in [0.25, 0.3) is 0 Å². The van der Waals surface area contributed by atoms with E-state index in [2.05, 4.69) is 0 Å². The van der Waals surface area contributed by atoms with Gasteiger partial charge in [0.15, 0.2) is 0 Å². The number of nitrogens with zero attached hydrogens (tertiary/aromatic N) is 2. The third-order valence-corrected chi connectivity index (χ3v) is 4.37. The smallest absolute Gasteiger partial charge is 0.320 e. The van der Waals surface area contributed by atoms with Gasteiger partial charge in [0.25, 0.3) is 0 Å². The standard InChI is InChI=1S/C15H18Cl2N2O3/c1-3-22-14(20)9-18-6-7-19(15(21)10(18)2)11-4-5-12(16)13(17)8-11/h4-5,8,10H,3,6-7,9H2,1-2H3/t10-/m0/s1. The van der Waals surface area contributed by atoms with Gasteiger partial charge in [0, 0.05) is 18.8 Å². The number of carbonyl (C=O) groups excluding carboxylic acids is 2. The first-order valence-electron chi connectivity index (χ1n) is 7.10. The Labute approximate surface area is 139 Å². The van der Waals surface area contributed by atoms with Crippen molar-refractivity contribution in [2.45, 2.75) is 19.9 Å². The fraction of sp³-hybridized carbons (Fsp3) is 0.467. The predicted octanol–water partition coefficient (Wildman–Crippen LogP) is 2.59. The molecule has 0 radical (unpaired) electrons. The third-order valence-electron chi connectivity index (χ3n) is 3.63. The van der Waals surface area contributed by atoms with Crippen molar-refractivity contribution < 1.29 is 14.3 Å². The molecule has 1 heterocycles. The van der Waals surface area contributed by atoms with Gasteiger partial charge in [-0.25, -0.2) is 0 Å². The van der Waals surface area contributed by atoms with Gasteiger partial charge in [0.05, 0.1) is 29.2 Å². The van der Waals surface area contributed by atoms with Crippen molar-refractivity contribution in [2.75, 3.05) is 31.1 Å². The second kappa shape index (κ2) is 7.31. The van der Waals surface area contributed by atoms with Crippen LogP contribution in [0.2, 0.25) is 10.0 Å². The summed E-state index contributed by atoms with van der Waals surface area (Å²) in [7, 11) is 0. The second-order valence-corrected chi connectivity index (χ2v) is 5.85. The molecule has 120 valence electrons. The Morgan fingerprint density at radius 2 is 2.05 bits per heavy atom. The molecule has 1 aromatic rings. The zero-order chi connectivity index (χ0) is 16.3. The fourth-order valence-corrected chi connectivity index (χ4v) is 2.70. The van der Waals surface area contributed by atoms with Crippen LogP contribution >= 0.6 is 23.2 Å². The molecule has 2 rings (SSSR count). The quantitative estimate of drug-likeness (QED) is 0.787. The molecule has 0 N–H and O–H groups in total. The third kappa shape index (κ3) is 3.72. The highest BCUT2D eigenvalue weighted by Gasteiger charge is 2.33. The summed E-state index contributed by atoms with van der Waals surface area (Å²) in [6, 6.07) is 4.71. The van der Waals surface area contributed by atoms with E-state index in [4.69, 9.17) is 27.9 Å². The van der Waals surface area contributed by atoms with E-state index in [1.54, 1.807) is 36.9 Å². The van der Waals surface area contributed by atoms with E-state index in [1.165, 1.54) is 0 Å². The van der Waals surface area contributed by atoms with Gasteiger partial charge in [-0.2, -0.15) is 0 Å². The lowest BCUT2D eigenvalue weighted by molar-refractivity contribution is -0.145. The van der Waals surface area contributed by atoms with E-state index in [0.29, 0.717) is 35.4 Å². The molecule has 1 atom stereocenters. The van der Waals surface area contributed by atoms with Crippen molar-refractivity contribution in [1.29, 1.82) is 0 Å². The van der Waals surface area contributed by atoms with Gasteiger partial charge in [-0.3, -0.25) is 14.5 Å². The van der Waals surface area contributed by atoms with Crippen LogP contribution in [0.4, 0.5) is 5.69 Å². The van der Waals surface area contributed by atoms with E-state index in [0.717, 1.165) is 0 Å². The minimum atomic E-state index is -0.396. The van der Waals surface area contributed by atoms with Crippen molar-refractivity contribution in [2.24, 2.45) is 0 Å². The van der Waals surface area contributed by atoms with Crippen LogP contribution < -0.4 is 4.90 Å². The molecule has 0 aliphatic carbocycles. The van der Waals surface area contributed by atoms with E-state index in [9.17, 15) is 9.59 Å². The molecule has 5 nitrogen and oxygen atoms in total. The maximum atomic E-state index is 12.5. The van der Waals surface area contributed by atoms with Crippen LogP contribution in [-0.4, -0.2) is 49.1 Å². The maximum Gasteiger partial charge on any atom is 0.320 e. The molecular weight excluding hydrogens is 327 g/mol. The number of hydrogen-bond acceptors (Lipinski definition) is 4. The van der Waals surface area contributed by atoms with Crippen LogP contribution in [0, 0.1) is 0 Å². The highest BCUT2D eigenvalue weighted by Crippen LogP contribution is 2.28. The Morgan fingerprint density at radius 3 is 2.68 bits per heavy atom. The van der Waals surface area contributed by atoms with E-state index < -0.39 is 6.04 Å². The average Bonchev–Trinajstić information content (AvgIpc) is 2.47. The number of amides is 1. The predicted molar refractivity (Wildman–Crippen MR) is 86.5 cm³/mol. The maximum absolute atomic E-state index is 12.5. The van der Waals surface area contributed by atoms with E-state index in [1.807, 2.05) is 4.90 Å². The van der Waals surface area contributed by atoms with Crippen LogP contribution in [0.5, 0.6) is 0 Å². The average molecular weight is 345 g/mol. The first-order chi connectivity index (χ1) is 10.4. The highest BCUT2D eigenvalue weighted by molar-refractivity contribution is 6.42. The summed E-state index contributed by atoms with van der Waals surface area (Å²) < 4.78 is 4.93. The Bertz CT molecular complexity index is 580. The van der Waals surface area contributed by atoms with Crippen LogP contribution in [0.15, 0.2) is 18.2 Å². The van der Waals surface area contributed by atoms with Gasteiger partial charge in [-0.1, -0.05) is 23.2 Å². The fourth-order valence-electron chi connectivity index (χ4n) is 2.41.